The summed E-state index contributed by atoms with van der Waals surface area (Å²) in [5.41, 5.74) is 4.56. The van der Waals surface area contributed by atoms with Crippen LogP contribution in [0.5, 0.6) is 0 Å². The third kappa shape index (κ3) is 4.74. The molecule has 3 N–H and O–H groups in total. The molecule has 0 spiro atoms. The number of hydrazine groups is 1. The zero-order valence-corrected chi connectivity index (χ0v) is 18.3. The number of carboxylic acids is 1. The van der Waals surface area contributed by atoms with E-state index in [0.717, 1.165) is 32.1 Å². The number of carbonyl (C=O) groups is 3. The number of hydrogen-bond donors (Lipinski definition) is 3. The van der Waals surface area contributed by atoms with Crippen molar-refractivity contribution < 1.29 is 31.8 Å². The maximum Gasteiger partial charge on any atom is 0.451 e. The molecule has 31 heavy (non-hydrogen) atoms. The van der Waals surface area contributed by atoms with E-state index in [1.54, 1.807) is 6.07 Å². The summed E-state index contributed by atoms with van der Waals surface area (Å²) in [7, 11) is -4.40. The van der Waals surface area contributed by atoms with Crippen LogP contribution in [0.3, 0.4) is 0 Å². The summed E-state index contributed by atoms with van der Waals surface area (Å²) in [5.74, 6) is -1.52. The maximum atomic E-state index is 13.6. The topological polar surface area (TPSA) is 130 Å². The molecular formula is C21H30N3O6S+. The molecule has 1 aromatic rings. The Kier molecular flexibility index (Phi) is 7.32. The molecule has 2 aliphatic rings. The minimum atomic E-state index is -4.40. The lowest BCUT2D eigenvalue weighted by Crippen LogP contribution is -2.70. The Labute approximate surface area is 182 Å². The van der Waals surface area contributed by atoms with Gasteiger partial charge in [0.2, 0.25) is 11.9 Å². The molecule has 1 aliphatic heterocycles. The fourth-order valence-electron chi connectivity index (χ4n) is 4.69. The quantitative estimate of drug-likeness (QED) is 0.465. The number of nitrogens with zero attached hydrogens (tertiary/aromatic N) is 1. The van der Waals surface area contributed by atoms with Gasteiger partial charge >= 0.3 is 22.0 Å². The number of benzene rings is 1. The van der Waals surface area contributed by atoms with Crippen molar-refractivity contribution in [3.63, 3.8) is 0 Å². The van der Waals surface area contributed by atoms with Crippen LogP contribution in [0.15, 0.2) is 35.2 Å². The Bertz CT molecular complexity index is 914. The molecule has 1 unspecified atom stereocenters. The van der Waals surface area contributed by atoms with E-state index < -0.39 is 37.9 Å². The lowest BCUT2D eigenvalue weighted by molar-refractivity contribution is -0.749. The van der Waals surface area contributed by atoms with E-state index in [1.165, 1.54) is 24.3 Å². The van der Waals surface area contributed by atoms with Crippen LogP contribution in [0.1, 0.15) is 57.8 Å². The smallest absolute Gasteiger partial charge is 0.451 e. The lowest BCUT2D eigenvalue weighted by Gasteiger charge is -2.40. The van der Waals surface area contributed by atoms with E-state index in [0.29, 0.717) is 12.8 Å². The highest BCUT2D eigenvalue weighted by molar-refractivity contribution is 7.86. The molecule has 2 fully saturated rings. The zero-order chi connectivity index (χ0) is 22.5. The molecule has 2 atom stereocenters. The Hall–Kier alpha value is -2.46. The highest BCUT2D eigenvalue weighted by Gasteiger charge is 2.60. The van der Waals surface area contributed by atoms with Crippen molar-refractivity contribution in [2.24, 2.45) is 5.92 Å². The van der Waals surface area contributed by atoms with Crippen LogP contribution in [0, 0.1) is 5.92 Å². The predicted molar refractivity (Wildman–Crippen MR) is 112 cm³/mol. The molecule has 1 saturated heterocycles. The fourth-order valence-corrected chi connectivity index (χ4v) is 6.73. The number of likely N-dealkylation sites (tertiary alicyclic amines) is 1. The van der Waals surface area contributed by atoms with Crippen LogP contribution in [0.25, 0.3) is 0 Å². The van der Waals surface area contributed by atoms with Gasteiger partial charge in [-0.25, -0.2) is 15.0 Å². The van der Waals surface area contributed by atoms with Gasteiger partial charge in [0.05, 0.1) is 0 Å². The number of nitrogens with one attached hydrogen (secondary N) is 2. The Balaban J connectivity index is 1.85. The van der Waals surface area contributed by atoms with E-state index >= 15 is 0 Å². The molecule has 10 heteroatoms. The SMILES string of the molecule is O=C(CC1CCCCC1)NNC(=O)[N@+]1(S(=O)(=O)c2ccccc2)CCCCC1C(=O)O. The van der Waals surface area contributed by atoms with Gasteiger partial charge < -0.3 is 5.11 Å². The standard InChI is InChI=1S/C21H29N3O6S/c25-19(15-16-9-3-1-4-10-16)22-23-21(28)24(14-8-7-13-18(24)20(26)27)31(29,30)17-11-5-2-6-12-17/h2,5-6,11-12,16,18H,1,3-4,7-10,13-15H2,(H2-,22,23,25,26,27,28)/p+1/t18?,24-/m0/s1. The van der Waals surface area contributed by atoms with Gasteiger partial charge in [-0.05, 0) is 43.7 Å². The monoisotopic (exact) mass is 452 g/mol. The van der Waals surface area contributed by atoms with Gasteiger partial charge in [-0.1, -0.05) is 37.5 Å². The van der Waals surface area contributed by atoms with Crippen LogP contribution in [-0.4, -0.2) is 47.9 Å². The van der Waals surface area contributed by atoms with Gasteiger partial charge in [-0.15, -0.1) is 3.89 Å². The number of quaternary nitrogens is 1. The van der Waals surface area contributed by atoms with Gasteiger partial charge in [-0.2, -0.15) is 8.42 Å². The molecule has 1 aromatic carbocycles. The molecule has 3 amide bonds. The van der Waals surface area contributed by atoms with Gasteiger partial charge in [0.1, 0.15) is 11.4 Å². The summed E-state index contributed by atoms with van der Waals surface area (Å²) in [5, 5.41) is 9.78. The number of urea groups is 1. The molecule has 170 valence electrons. The van der Waals surface area contributed by atoms with Crippen molar-refractivity contribution >= 4 is 27.9 Å². The number of piperidine rings is 1. The Morgan fingerprint density at radius 3 is 2.23 bits per heavy atom. The molecule has 1 aliphatic carbocycles. The van der Waals surface area contributed by atoms with Crippen molar-refractivity contribution in [2.45, 2.75) is 68.7 Å². The normalized spacial score (nSPS) is 24.8. The van der Waals surface area contributed by atoms with E-state index in [4.69, 9.17) is 0 Å². The predicted octanol–water partition coefficient (Wildman–Crippen LogP) is 2.54. The third-order valence-corrected chi connectivity index (χ3v) is 8.66. The van der Waals surface area contributed by atoms with Crippen LogP contribution in [-0.2, 0) is 19.6 Å². The van der Waals surface area contributed by atoms with Crippen LogP contribution in [0.4, 0.5) is 4.79 Å². The largest absolute Gasteiger partial charge is 0.477 e. The maximum absolute atomic E-state index is 13.6. The van der Waals surface area contributed by atoms with Gasteiger partial charge in [0.15, 0.2) is 0 Å². The van der Waals surface area contributed by atoms with Crippen molar-refractivity contribution in [2.75, 3.05) is 6.54 Å². The van der Waals surface area contributed by atoms with E-state index in [2.05, 4.69) is 10.9 Å². The van der Waals surface area contributed by atoms with Gasteiger partial charge in [-0.3, -0.25) is 10.2 Å². The Morgan fingerprint density at radius 2 is 1.58 bits per heavy atom. The molecular weight excluding hydrogens is 422 g/mol. The minimum absolute atomic E-state index is 0.0465. The lowest BCUT2D eigenvalue weighted by atomic mass is 9.87. The van der Waals surface area contributed by atoms with Crippen molar-refractivity contribution in [3.05, 3.63) is 30.3 Å². The average molecular weight is 453 g/mol. The van der Waals surface area contributed by atoms with E-state index in [1.807, 2.05) is 0 Å². The number of amides is 3. The number of aliphatic carboxylic acids is 1. The van der Waals surface area contributed by atoms with Gasteiger partial charge in [0, 0.05) is 12.8 Å². The van der Waals surface area contributed by atoms with E-state index in [9.17, 15) is 27.9 Å². The Morgan fingerprint density at radius 1 is 0.935 bits per heavy atom. The first-order valence-corrected chi connectivity index (χ1v) is 12.2. The second-order valence-corrected chi connectivity index (χ2v) is 10.4. The molecule has 0 bridgehead atoms. The molecule has 3 rings (SSSR count). The first-order valence-electron chi connectivity index (χ1n) is 10.8. The summed E-state index contributed by atoms with van der Waals surface area (Å²) in [6.45, 7) is -0.182. The van der Waals surface area contributed by atoms with Gasteiger partial charge in [0.25, 0.3) is 0 Å². The summed E-state index contributed by atoms with van der Waals surface area (Å²) < 4.78 is 25.8. The summed E-state index contributed by atoms with van der Waals surface area (Å²) in [6.07, 6.45) is 6.36. The zero-order valence-electron chi connectivity index (χ0n) is 17.5. The number of carbonyl (C=O) groups excluding carboxylic acids is 2. The van der Waals surface area contributed by atoms with Crippen molar-refractivity contribution in [3.8, 4) is 0 Å². The number of rotatable bonds is 5. The first-order chi connectivity index (χ1) is 14.8. The minimum Gasteiger partial charge on any atom is -0.477 e. The van der Waals surface area contributed by atoms with E-state index in [-0.39, 0.29) is 30.2 Å². The molecule has 0 aromatic heterocycles. The van der Waals surface area contributed by atoms with Crippen LogP contribution >= 0.6 is 0 Å². The third-order valence-electron chi connectivity index (χ3n) is 6.33. The summed E-state index contributed by atoms with van der Waals surface area (Å²) >= 11 is 0. The molecule has 0 radical (unpaired) electrons. The average Bonchev–Trinajstić information content (AvgIpc) is 2.78. The van der Waals surface area contributed by atoms with Crippen molar-refractivity contribution in [1.29, 1.82) is 0 Å². The first kappa shape index (κ1) is 23.2. The summed E-state index contributed by atoms with van der Waals surface area (Å²) in [6, 6.07) is 4.86. The molecule has 1 saturated carbocycles. The highest BCUT2D eigenvalue weighted by Crippen LogP contribution is 2.35. The number of sulfonamides is 1. The fraction of sp³-hybridized carbons (Fsp3) is 0.571. The molecule has 9 nitrogen and oxygen atoms in total. The highest BCUT2D eigenvalue weighted by atomic mass is 32.2. The number of carboxylic acid groups (broad SMARTS) is 1. The van der Waals surface area contributed by atoms with Crippen LogP contribution in [0.2, 0.25) is 0 Å². The second-order valence-electron chi connectivity index (χ2n) is 8.34. The molecule has 1 heterocycles. The van der Waals surface area contributed by atoms with Crippen LogP contribution < -0.4 is 10.9 Å². The number of hydrogen-bond acceptors (Lipinski definition) is 5. The summed E-state index contributed by atoms with van der Waals surface area (Å²) in [4.78, 5) is 37.5. The van der Waals surface area contributed by atoms with Crippen molar-refractivity contribution in [1.82, 2.24) is 10.9 Å². The second kappa shape index (κ2) is 9.78.